The van der Waals surface area contributed by atoms with E-state index in [1.807, 2.05) is 28.9 Å². The molecule has 2 aliphatic rings. The Balaban J connectivity index is 1.65. The van der Waals surface area contributed by atoms with E-state index in [1.165, 1.54) is 12.8 Å². The van der Waals surface area contributed by atoms with Crippen molar-refractivity contribution in [2.24, 2.45) is 13.0 Å². The number of imidazole rings is 1. The number of carbonyl (C=O) groups is 1. The van der Waals surface area contributed by atoms with Crippen LogP contribution in [0.1, 0.15) is 31.6 Å². The molecule has 2 amide bonds. The van der Waals surface area contributed by atoms with E-state index < -0.39 is 0 Å². The van der Waals surface area contributed by atoms with Gasteiger partial charge in [0, 0.05) is 46.2 Å². The predicted molar refractivity (Wildman–Crippen MR) is 91.7 cm³/mol. The van der Waals surface area contributed by atoms with Crippen molar-refractivity contribution >= 4 is 6.03 Å². The number of aromatic nitrogens is 2. The molecule has 2 heterocycles. The number of hydrogen-bond acceptors (Lipinski definition) is 4. The van der Waals surface area contributed by atoms with Gasteiger partial charge in [-0.05, 0) is 25.3 Å². The van der Waals surface area contributed by atoms with Gasteiger partial charge < -0.3 is 19.5 Å². The summed E-state index contributed by atoms with van der Waals surface area (Å²) in [6, 6.07) is 0.313. The fourth-order valence-corrected chi connectivity index (χ4v) is 3.55. The number of urea groups is 1. The lowest BCUT2D eigenvalue weighted by atomic mass is 10.1. The molecular formula is C17H29N5O2. The molecule has 7 nitrogen and oxygen atoms in total. The number of amides is 2. The van der Waals surface area contributed by atoms with Crippen LogP contribution >= 0.6 is 0 Å². The normalized spacial score (nSPS) is 23.3. The van der Waals surface area contributed by atoms with Crippen molar-refractivity contribution < 1.29 is 9.53 Å². The minimum atomic E-state index is 0.0268. The van der Waals surface area contributed by atoms with E-state index in [0.29, 0.717) is 19.1 Å². The van der Waals surface area contributed by atoms with Crippen LogP contribution in [0.25, 0.3) is 0 Å². The maximum Gasteiger partial charge on any atom is 0.317 e. The van der Waals surface area contributed by atoms with E-state index in [4.69, 9.17) is 4.74 Å². The highest BCUT2D eigenvalue weighted by atomic mass is 16.5. The van der Waals surface area contributed by atoms with Crippen LogP contribution in [0.15, 0.2) is 12.4 Å². The Labute approximate surface area is 144 Å². The van der Waals surface area contributed by atoms with E-state index in [9.17, 15) is 4.79 Å². The van der Waals surface area contributed by atoms with Crippen LogP contribution in [-0.2, 0) is 11.8 Å². The summed E-state index contributed by atoms with van der Waals surface area (Å²) in [5, 5.41) is 3.18. The van der Waals surface area contributed by atoms with E-state index in [-0.39, 0.29) is 18.1 Å². The first-order valence-corrected chi connectivity index (χ1v) is 8.89. The topological polar surface area (TPSA) is 62.6 Å². The average molecular weight is 335 g/mol. The third-order valence-electron chi connectivity index (χ3n) is 5.19. The summed E-state index contributed by atoms with van der Waals surface area (Å²) in [5.74, 6) is 1.60. The van der Waals surface area contributed by atoms with Crippen LogP contribution in [-0.4, -0.2) is 71.3 Å². The van der Waals surface area contributed by atoms with Gasteiger partial charge in [-0.15, -0.1) is 0 Å². The lowest BCUT2D eigenvalue weighted by molar-refractivity contribution is 0.0832. The molecule has 0 aromatic carbocycles. The second-order valence-corrected chi connectivity index (χ2v) is 6.84. The summed E-state index contributed by atoms with van der Waals surface area (Å²) in [6.07, 6.45) is 6.16. The van der Waals surface area contributed by atoms with Gasteiger partial charge in [-0.2, -0.15) is 0 Å². The SMILES string of the molecule is CCN1CCN(C(=O)NC(COC)C2CC2)CC1c1nccn1C. The fraction of sp³-hybridized carbons (Fsp3) is 0.765. The molecule has 2 fully saturated rings. The van der Waals surface area contributed by atoms with Gasteiger partial charge in [-0.1, -0.05) is 6.92 Å². The summed E-state index contributed by atoms with van der Waals surface area (Å²) in [5.41, 5.74) is 0. The third kappa shape index (κ3) is 3.72. The van der Waals surface area contributed by atoms with E-state index in [0.717, 1.165) is 25.5 Å². The number of nitrogens with zero attached hydrogens (tertiary/aromatic N) is 4. The van der Waals surface area contributed by atoms with Crippen molar-refractivity contribution in [1.82, 2.24) is 24.7 Å². The Morgan fingerprint density at radius 3 is 2.83 bits per heavy atom. The number of likely N-dealkylation sites (N-methyl/N-ethyl adjacent to an activating group) is 1. The molecule has 134 valence electrons. The number of methoxy groups -OCH3 is 1. The molecule has 1 saturated heterocycles. The Hall–Kier alpha value is -1.60. The number of aryl methyl sites for hydroxylation is 1. The van der Waals surface area contributed by atoms with E-state index >= 15 is 0 Å². The molecule has 3 rings (SSSR count). The van der Waals surface area contributed by atoms with Crippen molar-refractivity contribution in [1.29, 1.82) is 0 Å². The maximum atomic E-state index is 12.7. The molecule has 2 unspecified atom stereocenters. The summed E-state index contributed by atoms with van der Waals surface area (Å²) < 4.78 is 7.32. The van der Waals surface area contributed by atoms with Crippen LogP contribution in [0.5, 0.6) is 0 Å². The van der Waals surface area contributed by atoms with Crippen LogP contribution in [0, 0.1) is 5.92 Å². The first-order valence-electron chi connectivity index (χ1n) is 8.89. The molecule has 0 spiro atoms. The molecule has 1 N–H and O–H groups in total. The second-order valence-electron chi connectivity index (χ2n) is 6.84. The lowest BCUT2D eigenvalue weighted by Gasteiger charge is -2.40. The van der Waals surface area contributed by atoms with Gasteiger partial charge in [-0.3, -0.25) is 4.90 Å². The first kappa shape index (κ1) is 17.2. The van der Waals surface area contributed by atoms with Gasteiger partial charge in [0.05, 0.1) is 18.7 Å². The lowest BCUT2D eigenvalue weighted by Crippen LogP contribution is -2.55. The minimum absolute atomic E-state index is 0.0268. The number of carbonyl (C=O) groups excluding carboxylic acids is 1. The molecule has 24 heavy (non-hydrogen) atoms. The second kappa shape index (κ2) is 7.53. The summed E-state index contributed by atoms with van der Waals surface area (Å²) >= 11 is 0. The van der Waals surface area contributed by atoms with Gasteiger partial charge in [0.2, 0.25) is 0 Å². The molecule has 1 aromatic rings. The number of nitrogens with one attached hydrogen (secondary N) is 1. The van der Waals surface area contributed by atoms with Crippen molar-refractivity contribution in [3.63, 3.8) is 0 Å². The Morgan fingerprint density at radius 2 is 2.25 bits per heavy atom. The molecule has 7 heteroatoms. The zero-order chi connectivity index (χ0) is 17.1. The largest absolute Gasteiger partial charge is 0.383 e. The standard InChI is InChI=1S/C17H29N5O2/c1-4-21-9-10-22(11-15(21)16-18-7-8-20(16)2)17(23)19-14(12-24-3)13-5-6-13/h7-8,13-15H,4-6,9-12H2,1-3H3,(H,19,23). The Bertz CT molecular complexity index is 557. The van der Waals surface area contributed by atoms with E-state index in [1.54, 1.807) is 7.11 Å². The van der Waals surface area contributed by atoms with Crippen LogP contribution < -0.4 is 5.32 Å². The number of hydrogen-bond donors (Lipinski definition) is 1. The van der Waals surface area contributed by atoms with Crippen molar-refractivity contribution in [3.8, 4) is 0 Å². The zero-order valence-electron chi connectivity index (χ0n) is 14.9. The number of rotatable bonds is 6. The van der Waals surface area contributed by atoms with Crippen LogP contribution in [0.3, 0.4) is 0 Å². The smallest absolute Gasteiger partial charge is 0.317 e. The molecule has 1 aromatic heterocycles. The molecule has 1 aliphatic heterocycles. The minimum Gasteiger partial charge on any atom is -0.383 e. The predicted octanol–water partition coefficient (Wildman–Crippen LogP) is 1.23. The molecule has 0 radical (unpaired) electrons. The summed E-state index contributed by atoms with van der Waals surface area (Å²) in [6.45, 7) is 6.02. The van der Waals surface area contributed by atoms with Gasteiger partial charge in [0.25, 0.3) is 0 Å². The highest BCUT2D eigenvalue weighted by Crippen LogP contribution is 2.33. The van der Waals surface area contributed by atoms with Gasteiger partial charge in [0.1, 0.15) is 5.82 Å². The highest BCUT2D eigenvalue weighted by molar-refractivity contribution is 5.74. The maximum absolute atomic E-state index is 12.7. The monoisotopic (exact) mass is 335 g/mol. The van der Waals surface area contributed by atoms with Crippen LogP contribution in [0.2, 0.25) is 0 Å². The molecular weight excluding hydrogens is 306 g/mol. The van der Waals surface area contributed by atoms with E-state index in [2.05, 4.69) is 22.1 Å². The number of ether oxygens (including phenoxy) is 1. The molecule has 1 aliphatic carbocycles. The van der Waals surface area contributed by atoms with Gasteiger partial charge >= 0.3 is 6.03 Å². The van der Waals surface area contributed by atoms with Gasteiger partial charge in [-0.25, -0.2) is 9.78 Å². The Kier molecular flexibility index (Phi) is 5.40. The summed E-state index contributed by atoms with van der Waals surface area (Å²) in [7, 11) is 3.70. The first-order chi connectivity index (χ1) is 11.6. The fourth-order valence-electron chi connectivity index (χ4n) is 3.55. The third-order valence-corrected chi connectivity index (χ3v) is 5.19. The zero-order valence-corrected chi connectivity index (χ0v) is 14.9. The average Bonchev–Trinajstić information content (AvgIpc) is 3.35. The van der Waals surface area contributed by atoms with Crippen molar-refractivity contribution in [3.05, 3.63) is 18.2 Å². The molecule has 1 saturated carbocycles. The van der Waals surface area contributed by atoms with Crippen molar-refractivity contribution in [2.45, 2.75) is 31.8 Å². The quantitative estimate of drug-likeness (QED) is 0.849. The summed E-state index contributed by atoms with van der Waals surface area (Å²) in [4.78, 5) is 21.5. The van der Waals surface area contributed by atoms with Gasteiger partial charge in [0.15, 0.2) is 0 Å². The van der Waals surface area contributed by atoms with Crippen molar-refractivity contribution in [2.75, 3.05) is 39.9 Å². The molecule has 2 atom stereocenters. The Morgan fingerprint density at radius 1 is 1.46 bits per heavy atom. The van der Waals surface area contributed by atoms with Crippen LogP contribution in [0.4, 0.5) is 4.79 Å². The molecule has 0 bridgehead atoms. The highest BCUT2D eigenvalue weighted by Gasteiger charge is 2.36. The number of piperazine rings is 1.